The van der Waals surface area contributed by atoms with Gasteiger partial charge in [-0.2, -0.15) is 18.2 Å². The summed E-state index contributed by atoms with van der Waals surface area (Å²) in [5.74, 6) is -1.12. The van der Waals surface area contributed by atoms with E-state index >= 15 is 0 Å². The van der Waals surface area contributed by atoms with Crippen LogP contribution in [-0.2, 0) is 10.9 Å². The van der Waals surface area contributed by atoms with Crippen LogP contribution in [0.1, 0.15) is 37.8 Å². The Bertz CT molecular complexity index is 1310. The number of ether oxygens (including phenoxy) is 1. The van der Waals surface area contributed by atoms with Gasteiger partial charge >= 0.3 is 18.2 Å². The summed E-state index contributed by atoms with van der Waals surface area (Å²) in [7, 11) is 1.37. The Kier molecular flexibility index (Phi) is 6.76. The molecular formula is C26H27F3N4O4. The molecular weight excluding hydrogens is 489 g/mol. The van der Waals surface area contributed by atoms with E-state index in [0.29, 0.717) is 11.1 Å². The summed E-state index contributed by atoms with van der Waals surface area (Å²) in [6.07, 6.45) is -4.30. The Balaban J connectivity index is 1.69. The second-order valence-corrected chi connectivity index (χ2v) is 9.82. The van der Waals surface area contributed by atoms with Crippen LogP contribution in [0.2, 0.25) is 0 Å². The lowest BCUT2D eigenvalue weighted by molar-refractivity contribution is -0.140. The van der Waals surface area contributed by atoms with Crippen LogP contribution in [0.3, 0.4) is 0 Å². The third kappa shape index (κ3) is 5.31. The fourth-order valence-electron chi connectivity index (χ4n) is 4.45. The van der Waals surface area contributed by atoms with Gasteiger partial charge < -0.3 is 20.3 Å². The number of alkyl halides is 3. The fraction of sp³-hybridized carbons (Fsp3) is 0.346. The van der Waals surface area contributed by atoms with Crippen molar-refractivity contribution < 1.29 is 32.9 Å². The first-order chi connectivity index (χ1) is 17.3. The van der Waals surface area contributed by atoms with Gasteiger partial charge in [0.25, 0.3) is 0 Å². The topological polar surface area (TPSA) is 108 Å². The summed E-state index contributed by atoms with van der Waals surface area (Å²) >= 11 is 0. The maximum Gasteiger partial charge on any atom is 0.417 e. The maximum atomic E-state index is 14.5. The Labute approximate surface area is 211 Å². The molecule has 2 amide bonds. The lowest BCUT2D eigenvalue weighted by Gasteiger charge is -2.48. The lowest BCUT2D eigenvalue weighted by atomic mass is 9.82. The molecule has 11 heteroatoms. The molecule has 196 valence electrons. The summed E-state index contributed by atoms with van der Waals surface area (Å²) in [6, 6.07) is 9.46. The normalized spacial score (nSPS) is 17.9. The average Bonchev–Trinajstić information content (AvgIpc) is 2.77. The number of aromatic hydroxyl groups is 2. The van der Waals surface area contributed by atoms with Crippen molar-refractivity contribution in [3.05, 3.63) is 59.8 Å². The second kappa shape index (κ2) is 9.55. The largest absolute Gasteiger partial charge is 0.493 e. The molecule has 1 fully saturated rings. The van der Waals surface area contributed by atoms with E-state index in [1.165, 1.54) is 54.6 Å². The van der Waals surface area contributed by atoms with Crippen LogP contribution in [-0.4, -0.2) is 56.5 Å². The van der Waals surface area contributed by atoms with Crippen LogP contribution in [0, 0.1) is 0 Å². The van der Waals surface area contributed by atoms with Crippen LogP contribution >= 0.6 is 0 Å². The van der Waals surface area contributed by atoms with E-state index in [1.807, 2.05) is 20.8 Å². The minimum Gasteiger partial charge on any atom is -0.493 e. The van der Waals surface area contributed by atoms with Crippen LogP contribution < -0.4 is 5.32 Å². The van der Waals surface area contributed by atoms with Crippen molar-refractivity contribution in [2.75, 3.05) is 13.7 Å². The standard InChI is InChI=1S/C26H27F3N4O4/c1-25(2,3)32-24(36)33-13-19(22(33)37-4)17-7-5-6-16(20(17)26(27,28)29)14-8-10-15(11-9-14)18-12-30-23(35)31-21(18)34/h5-12,19,22H,13H2,1-4H3,(H,32,36)(H2,30,31,34,35). The van der Waals surface area contributed by atoms with Crippen molar-refractivity contribution in [3.8, 4) is 34.1 Å². The average molecular weight is 517 g/mol. The molecule has 37 heavy (non-hydrogen) atoms. The van der Waals surface area contributed by atoms with E-state index in [1.54, 1.807) is 6.07 Å². The third-order valence-electron chi connectivity index (χ3n) is 6.07. The van der Waals surface area contributed by atoms with Gasteiger partial charge in [-0.25, -0.2) is 9.78 Å². The van der Waals surface area contributed by atoms with Crippen molar-refractivity contribution in [2.45, 2.75) is 44.6 Å². The zero-order valence-corrected chi connectivity index (χ0v) is 20.7. The van der Waals surface area contributed by atoms with Gasteiger partial charge in [0.15, 0.2) is 0 Å². The molecule has 0 saturated carbocycles. The van der Waals surface area contributed by atoms with Crippen LogP contribution in [0.15, 0.2) is 48.7 Å². The highest BCUT2D eigenvalue weighted by Gasteiger charge is 2.48. The van der Waals surface area contributed by atoms with E-state index < -0.39 is 47.3 Å². The second-order valence-electron chi connectivity index (χ2n) is 9.82. The lowest BCUT2D eigenvalue weighted by Crippen LogP contribution is -2.62. The first-order valence-corrected chi connectivity index (χ1v) is 11.5. The van der Waals surface area contributed by atoms with Gasteiger partial charge in [-0.1, -0.05) is 42.5 Å². The highest BCUT2D eigenvalue weighted by molar-refractivity contribution is 5.78. The van der Waals surface area contributed by atoms with E-state index in [4.69, 9.17) is 4.74 Å². The van der Waals surface area contributed by atoms with Gasteiger partial charge in [0.05, 0.1) is 11.1 Å². The van der Waals surface area contributed by atoms with E-state index in [2.05, 4.69) is 15.3 Å². The molecule has 2 heterocycles. The molecule has 0 aliphatic carbocycles. The molecule has 3 N–H and O–H groups in total. The Hall–Kier alpha value is -3.86. The molecule has 0 spiro atoms. The maximum absolute atomic E-state index is 14.5. The summed E-state index contributed by atoms with van der Waals surface area (Å²) in [5.41, 5.74) is -0.271. The van der Waals surface area contributed by atoms with Crippen molar-refractivity contribution in [1.82, 2.24) is 20.2 Å². The molecule has 0 radical (unpaired) electrons. The van der Waals surface area contributed by atoms with Gasteiger partial charge in [0.1, 0.15) is 6.23 Å². The number of hydrogen-bond donors (Lipinski definition) is 3. The molecule has 2 unspecified atom stereocenters. The Morgan fingerprint density at radius 1 is 1.05 bits per heavy atom. The predicted octanol–water partition coefficient (Wildman–Crippen LogP) is 5.12. The first kappa shape index (κ1) is 26.2. The van der Waals surface area contributed by atoms with E-state index in [0.717, 1.165) is 0 Å². The monoisotopic (exact) mass is 516 g/mol. The number of nitrogens with zero attached hydrogens (tertiary/aromatic N) is 3. The predicted molar refractivity (Wildman–Crippen MR) is 130 cm³/mol. The summed E-state index contributed by atoms with van der Waals surface area (Å²) in [6.45, 7) is 5.52. The molecule has 0 bridgehead atoms. The molecule has 1 aromatic heterocycles. The molecule has 1 saturated heterocycles. The number of carbonyl (C=O) groups excluding carboxylic acids is 1. The molecule has 2 atom stereocenters. The summed E-state index contributed by atoms with van der Waals surface area (Å²) in [4.78, 5) is 21.1. The number of likely N-dealkylation sites (tertiary alicyclic amines) is 1. The number of amides is 2. The van der Waals surface area contributed by atoms with Gasteiger partial charge in [0, 0.05) is 31.3 Å². The first-order valence-electron chi connectivity index (χ1n) is 11.5. The smallest absolute Gasteiger partial charge is 0.417 e. The van der Waals surface area contributed by atoms with Gasteiger partial charge in [-0.3, -0.25) is 4.90 Å². The molecule has 8 nitrogen and oxygen atoms in total. The summed E-state index contributed by atoms with van der Waals surface area (Å²) in [5, 5.41) is 22.1. The number of carbonyl (C=O) groups is 1. The molecule has 2 aromatic carbocycles. The SMILES string of the molecule is COC1C(c2cccc(-c3ccc(-c4cnc(O)nc4O)cc3)c2C(F)(F)F)CN1C(=O)NC(C)(C)C. The van der Waals surface area contributed by atoms with Crippen LogP contribution in [0.4, 0.5) is 18.0 Å². The van der Waals surface area contributed by atoms with Crippen molar-refractivity contribution >= 4 is 6.03 Å². The minimum atomic E-state index is -4.67. The summed E-state index contributed by atoms with van der Waals surface area (Å²) < 4.78 is 48.8. The fourth-order valence-corrected chi connectivity index (χ4v) is 4.45. The van der Waals surface area contributed by atoms with Gasteiger partial charge in [-0.05, 0) is 43.0 Å². The highest BCUT2D eigenvalue weighted by Crippen LogP contribution is 2.46. The Morgan fingerprint density at radius 3 is 2.22 bits per heavy atom. The number of halogens is 3. The highest BCUT2D eigenvalue weighted by atomic mass is 19.4. The Morgan fingerprint density at radius 2 is 1.68 bits per heavy atom. The zero-order valence-electron chi connectivity index (χ0n) is 20.7. The number of urea groups is 1. The van der Waals surface area contributed by atoms with E-state index in [-0.39, 0.29) is 23.2 Å². The number of rotatable bonds is 4. The van der Waals surface area contributed by atoms with Crippen molar-refractivity contribution in [2.24, 2.45) is 0 Å². The number of hydrogen-bond acceptors (Lipinski definition) is 6. The molecule has 4 rings (SSSR count). The number of benzene rings is 2. The number of aromatic nitrogens is 2. The minimum absolute atomic E-state index is 0.0184. The van der Waals surface area contributed by atoms with Crippen LogP contribution in [0.25, 0.3) is 22.3 Å². The third-order valence-corrected chi connectivity index (χ3v) is 6.07. The molecule has 3 aromatic rings. The zero-order chi connectivity index (χ0) is 27.1. The van der Waals surface area contributed by atoms with Crippen molar-refractivity contribution in [3.63, 3.8) is 0 Å². The van der Waals surface area contributed by atoms with Crippen LogP contribution in [0.5, 0.6) is 11.9 Å². The number of nitrogens with one attached hydrogen (secondary N) is 1. The van der Waals surface area contributed by atoms with E-state index in [9.17, 15) is 28.2 Å². The van der Waals surface area contributed by atoms with Crippen molar-refractivity contribution in [1.29, 1.82) is 0 Å². The van der Waals surface area contributed by atoms with Gasteiger partial charge in [-0.15, -0.1) is 0 Å². The van der Waals surface area contributed by atoms with Gasteiger partial charge in [0.2, 0.25) is 5.88 Å². The molecule has 1 aliphatic heterocycles. The quantitative estimate of drug-likeness (QED) is 0.444. The molecule has 1 aliphatic rings. The number of methoxy groups -OCH3 is 1.